The fourth-order valence-electron chi connectivity index (χ4n) is 3.69. The molecule has 9 heteroatoms. The van der Waals surface area contributed by atoms with Crippen molar-refractivity contribution >= 4 is 35.1 Å². The second kappa shape index (κ2) is 11.1. The lowest BCUT2D eigenvalue weighted by molar-refractivity contribution is -0.130. The molecule has 2 aliphatic heterocycles. The Hall–Kier alpha value is -2.48. The van der Waals surface area contributed by atoms with Gasteiger partial charge in [0.05, 0.1) is 6.54 Å². The van der Waals surface area contributed by atoms with Crippen molar-refractivity contribution in [3.8, 4) is 0 Å². The average molecular weight is 435 g/mol. The van der Waals surface area contributed by atoms with Crippen molar-refractivity contribution in [3.05, 3.63) is 29.3 Å². The largest absolute Gasteiger partial charge is 0.368 e. The number of amides is 2. The number of halogens is 1. The standard InChI is InChI=1S/C21H31ClN6O2/c1-2-23-21(24-15-19(29)27-9-3-4-10-27)25-16-20(30)28-13-11-26(12-14-28)18-7-5-17(22)6-8-18/h5-8H,2-4,9-16H2,1H3,(H2,23,24,25). The number of hydrogen-bond donors (Lipinski definition) is 2. The van der Waals surface area contributed by atoms with Gasteiger partial charge in [-0.05, 0) is 44.0 Å². The Balaban J connectivity index is 1.45. The van der Waals surface area contributed by atoms with Crippen LogP contribution in [0.3, 0.4) is 0 Å². The van der Waals surface area contributed by atoms with Gasteiger partial charge in [0.15, 0.2) is 5.96 Å². The minimum atomic E-state index is -0.00571. The molecule has 2 N–H and O–H groups in total. The molecule has 0 spiro atoms. The lowest BCUT2D eigenvalue weighted by atomic mass is 10.2. The van der Waals surface area contributed by atoms with Crippen molar-refractivity contribution < 1.29 is 9.59 Å². The van der Waals surface area contributed by atoms with Gasteiger partial charge in [-0.2, -0.15) is 0 Å². The second-order valence-electron chi connectivity index (χ2n) is 7.48. The van der Waals surface area contributed by atoms with E-state index in [2.05, 4.69) is 20.5 Å². The van der Waals surface area contributed by atoms with Gasteiger partial charge in [-0.3, -0.25) is 9.59 Å². The molecule has 2 amide bonds. The van der Waals surface area contributed by atoms with Gasteiger partial charge in [0.2, 0.25) is 11.8 Å². The van der Waals surface area contributed by atoms with Gasteiger partial charge in [0, 0.05) is 56.5 Å². The average Bonchev–Trinajstić information content (AvgIpc) is 3.31. The van der Waals surface area contributed by atoms with Crippen LogP contribution in [0.2, 0.25) is 5.02 Å². The molecule has 2 saturated heterocycles. The normalized spacial score (nSPS) is 17.3. The van der Waals surface area contributed by atoms with Crippen molar-refractivity contribution in [1.29, 1.82) is 0 Å². The quantitative estimate of drug-likeness (QED) is 0.519. The Morgan fingerprint density at radius 3 is 2.20 bits per heavy atom. The number of carbonyl (C=O) groups is 2. The van der Waals surface area contributed by atoms with Gasteiger partial charge in [0.1, 0.15) is 6.54 Å². The van der Waals surface area contributed by atoms with Crippen LogP contribution in [0.5, 0.6) is 0 Å². The smallest absolute Gasteiger partial charge is 0.244 e. The van der Waals surface area contributed by atoms with Gasteiger partial charge in [-0.25, -0.2) is 4.99 Å². The molecule has 1 aromatic rings. The molecule has 0 aliphatic carbocycles. The zero-order valence-corrected chi connectivity index (χ0v) is 18.3. The SMILES string of the molecule is CCNC(=NCC(=O)N1CCN(c2ccc(Cl)cc2)CC1)NCC(=O)N1CCCC1. The molecule has 0 bridgehead atoms. The molecule has 0 aromatic heterocycles. The summed E-state index contributed by atoms with van der Waals surface area (Å²) in [6.07, 6.45) is 2.14. The van der Waals surface area contributed by atoms with Crippen molar-refractivity contribution in [2.45, 2.75) is 19.8 Å². The van der Waals surface area contributed by atoms with Gasteiger partial charge >= 0.3 is 0 Å². The number of carbonyl (C=O) groups excluding carboxylic acids is 2. The van der Waals surface area contributed by atoms with Gasteiger partial charge in [-0.1, -0.05) is 11.6 Å². The van der Waals surface area contributed by atoms with Crippen LogP contribution in [-0.2, 0) is 9.59 Å². The summed E-state index contributed by atoms with van der Waals surface area (Å²) < 4.78 is 0. The summed E-state index contributed by atoms with van der Waals surface area (Å²) in [6, 6.07) is 7.77. The highest BCUT2D eigenvalue weighted by Crippen LogP contribution is 2.19. The third kappa shape index (κ3) is 6.26. The number of aliphatic imine (C=N–C) groups is 1. The molecule has 0 unspecified atom stereocenters. The number of rotatable bonds is 6. The highest BCUT2D eigenvalue weighted by molar-refractivity contribution is 6.30. The third-order valence-corrected chi connectivity index (χ3v) is 5.66. The Morgan fingerprint density at radius 1 is 0.933 bits per heavy atom. The number of guanidine groups is 1. The molecule has 2 fully saturated rings. The van der Waals surface area contributed by atoms with Crippen LogP contribution in [0, 0.1) is 0 Å². The molecule has 164 valence electrons. The van der Waals surface area contributed by atoms with Crippen LogP contribution in [0.4, 0.5) is 5.69 Å². The fourth-order valence-corrected chi connectivity index (χ4v) is 3.82. The molecule has 2 heterocycles. The maximum atomic E-state index is 12.6. The lowest BCUT2D eigenvalue weighted by Crippen LogP contribution is -2.50. The summed E-state index contributed by atoms with van der Waals surface area (Å²) >= 11 is 5.96. The van der Waals surface area contributed by atoms with E-state index in [0.717, 1.165) is 49.7 Å². The van der Waals surface area contributed by atoms with E-state index in [0.29, 0.717) is 25.6 Å². The second-order valence-corrected chi connectivity index (χ2v) is 7.92. The van der Waals surface area contributed by atoms with Crippen LogP contribution >= 0.6 is 11.6 Å². The van der Waals surface area contributed by atoms with E-state index in [1.807, 2.05) is 41.0 Å². The van der Waals surface area contributed by atoms with Crippen LogP contribution in [0.25, 0.3) is 0 Å². The van der Waals surface area contributed by atoms with E-state index >= 15 is 0 Å². The summed E-state index contributed by atoms with van der Waals surface area (Å²) in [5, 5.41) is 6.87. The van der Waals surface area contributed by atoms with E-state index in [1.54, 1.807) is 0 Å². The topological polar surface area (TPSA) is 80.3 Å². The fraction of sp³-hybridized carbons (Fsp3) is 0.571. The first-order valence-corrected chi connectivity index (χ1v) is 11.0. The molecule has 3 rings (SSSR count). The predicted molar refractivity (Wildman–Crippen MR) is 120 cm³/mol. The summed E-state index contributed by atoms with van der Waals surface area (Å²) in [7, 11) is 0. The zero-order valence-electron chi connectivity index (χ0n) is 17.6. The Morgan fingerprint density at radius 2 is 1.57 bits per heavy atom. The molecular weight excluding hydrogens is 404 g/mol. The molecule has 0 radical (unpaired) electrons. The van der Waals surface area contributed by atoms with E-state index < -0.39 is 0 Å². The summed E-state index contributed by atoms with van der Waals surface area (Å²) in [4.78, 5) is 35.1. The van der Waals surface area contributed by atoms with Gasteiger partial charge in [-0.15, -0.1) is 0 Å². The summed E-state index contributed by atoms with van der Waals surface area (Å²) in [5.74, 6) is 0.565. The molecule has 0 atom stereocenters. The molecular formula is C21H31ClN6O2. The Labute approximate surface area is 183 Å². The van der Waals surface area contributed by atoms with E-state index in [9.17, 15) is 9.59 Å². The first-order chi connectivity index (χ1) is 14.6. The summed E-state index contributed by atoms with van der Waals surface area (Å²) in [5.41, 5.74) is 1.12. The minimum Gasteiger partial charge on any atom is -0.368 e. The minimum absolute atomic E-state index is 0.00571. The van der Waals surface area contributed by atoms with Crippen LogP contribution in [-0.4, -0.2) is 86.5 Å². The van der Waals surface area contributed by atoms with Crippen LogP contribution in [0.1, 0.15) is 19.8 Å². The molecule has 8 nitrogen and oxygen atoms in total. The van der Waals surface area contributed by atoms with Crippen LogP contribution in [0.15, 0.2) is 29.3 Å². The Bertz CT molecular complexity index is 740. The first-order valence-electron chi connectivity index (χ1n) is 10.6. The lowest BCUT2D eigenvalue weighted by Gasteiger charge is -2.36. The monoisotopic (exact) mass is 434 g/mol. The number of likely N-dealkylation sites (tertiary alicyclic amines) is 1. The van der Waals surface area contributed by atoms with Gasteiger partial charge in [0.25, 0.3) is 0 Å². The number of nitrogens with one attached hydrogen (secondary N) is 2. The highest BCUT2D eigenvalue weighted by atomic mass is 35.5. The number of anilines is 1. The number of hydrogen-bond acceptors (Lipinski definition) is 4. The molecule has 30 heavy (non-hydrogen) atoms. The summed E-state index contributed by atoms with van der Waals surface area (Å²) in [6.45, 7) is 7.41. The molecule has 0 saturated carbocycles. The van der Waals surface area contributed by atoms with E-state index in [-0.39, 0.29) is 24.9 Å². The molecule has 2 aliphatic rings. The predicted octanol–water partition coefficient (Wildman–Crippen LogP) is 1.17. The molecule has 1 aromatic carbocycles. The van der Waals surface area contributed by atoms with Crippen molar-refractivity contribution in [1.82, 2.24) is 20.4 Å². The van der Waals surface area contributed by atoms with Crippen molar-refractivity contribution in [2.75, 3.05) is 63.8 Å². The number of piperazine rings is 1. The Kier molecular flexibility index (Phi) is 8.19. The van der Waals surface area contributed by atoms with Crippen molar-refractivity contribution in [2.24, 2.45) is 4.99 Å². The first kappa shape index (κ1) is 22.2. The van der Waals surface area contributed by atoms with Crippen molar-refractivity contribution in [3.63, 3.8) is 0 Å². The van der Waals surface area contributed by atoms with E-state index in [1.165, 1.54) is 0 Å². The zero-order chi connectivity index (χ0) is 21.3. The number of benzene rings is 1. The third-order valence-electron chi connectivity index (χ3n) is 5.41. The maximum absolute atomic E-state index is 12.6. The van der Waals surface area contributed by atoms with E-state index in [4.69, 9.17) is 11.6 Å². The maximum Gasteiger partial charge on any atom is 0.244 e. The van der Waals surface area contributed by atoms with Gasteiger partial charge < -0.3 is 25.3 Å². The highest BCUT2D eigenvalue weighted by Gasteiger charge is 2.21. The van der Waals surface area contributed by atoms with Crippen LogP contribution < -0.4 is 15.5 Å². The number of nitrogens with zero attached hydrogens (tertiary/aromatic N) is 4.